The first kappa shape index (κ1) is 15.0. The maximum absolute atomic E-state index is 11.9. The molecular formula is C11H17N3O2S2. The number of hydrogen-bond acceptors (Lipinski definition) is 4. The van der Waals surface area contributed by atoms with Crippen LogP contribution < -0.4 is 10.5 Å². The van der Waals surface area contributed by atoms with Gasteiger partial charge in [-0.05, 0) is 24.5 Å². The molecule has 0 aliphatic carbocycles. The fourth-order valence-corrected chi connectivity index (χ4v) is 3.44. The second kappa shape index (κ2) is 6.77. The van der Waals surface area contributed by atoms with Crippen LogP contribution in [0.2, 0.25) is 0 Å². The highest BCUT2D eigenvalue weighted by molar-refractivity contribution is 7.93. The number of nitrogens with two attached hydrogens (primary N) is 1. The van der Waals surface area contributed by atoms with E-state index >= 15 is 0 Å². The minimum absolute atomic E-state index is 0.00591. The zero-order chi connectivity index (χ0) is 13.6. The molecule has 1 unspecified atom stereocenters. The summed E-state index contributed by atoms with van der Waals surface area (Å²) < 4.78 is 26.3. The summed E-state index contributed by atoms with van der Waals surface area (Å²) in [4.78, 5) is 3.97. The first-order valence-corrected chi connectivity index (χ1v) is 7.59. The van der Waals surface area contributed by atoms with Gasteiger partial charge in [0.2, 0.25) is 10.0 Å². The van der Waals surface area contributed by atoms with Crippen molar-refractivity contribution >= 4 is 27.2 Å². The van der Waals surface area contributed by atoms with E-state index in [9.17, 15) is 8.42 Å². The highest BCUT2D eigenvalue weighted by Crippen LogP contribution is 2.05. The maximum Gasteiger partial charge on any atom is 0.221 e. The summed E-state index contributed by atoms with van der Waals surface area (Å²) in [6, 6.07) is 3.71. The zero-order valence-electron chi connectivity index (χ0n) is 10.2. The van der Waals surface area contributed by atoms with Crippen LogP contribution in [0.5, 0.6) is 0 Å². The topological polar surface area (TPSA) is 85.1 Å². The Morgan fingerprint density at radius 2 is 2.33 bits per heavy atom. The zero-order valence-corrected chi connectivity index (χ0v) is 11.8. The van der Waals surface area contributed by atoms with Crippen molar-refractivity contribution in [3.8, 4) is 0 Å². The summed E-state index contributed by atoms with van der Waals surface area (Å²) >= 11 is 4.76. The number of hydrogen-bond donors (Lipinski definition) is 2. The third-order valence-corrected chi connectivity index (χ3v) is 4.88. The van der Waals surface area contributed by atoms with Crippen molar-refractivity contribution in [3.05, 3.63) is 30.1 Å². The van der Waals surface area contributed by atoms with Crippen molar-refractivity contribution in [2.45, 2.75) is 25.0 Å². The Morgan fingerprint density at radius 1 is 1.61 bits per heavy atom. The van der Waals surface area contributed by atoms with Crippen LogP contribution in [0, 0.1) is 0 Å². The highest BCUT2D eigenvalue weighted by Gasteiger charge is 2.25. The molecule has 0 fully saturated rings. The van der Waals surface area contributed by atoms with E-state index < -0.39 is 15.3 Å². The smallest absolute Gasteiger partial charge is 0.221 e. The van der Waals surface area contributed by atoms with Gasteiger partial charge in [-0.25, -0.2) is 13.1 Å². The van der Waals surface area contributed by atoms with Gasteiger partial charge in [0.05, 0.1) is 4.99 Å². The van der Waals surface area contributed by atoms with Crippen molar-refractivity contribution in [2.24, 2.45) is 5.73 Å². The van der Waals surface area contributed by atoms with Gasteiger partial charge in [0.25, 0.3) is 0 Å². The van der Waals surface area contributed by atoms with E-state index in [1.165, 1.54) is 0 Å². The summed E-state index contributed by atoms with van der Waals surface area (Å²) in [6.07, 6.45) is 4.34. The lowest BCUT2D eigenvalue weighted by Gasteiger charge is -2.15. The summed E-state index contributed by atoms with van der Waals surface area (Å²) in [5.74, 6) is 0. The van der Waals surface area contributed by atoms with Gasteiger partial charge in [-0.1, -0.05) is 25.2 Å². The van der Waals surface area contributed by atoms with Gasteiger partial charge in [0.15, 0.2) is 0 Å². The van der Waals surface area contributed by atoms with Gasteiger partial charge in [0.1, 0.15) is 5.25 Å². The second-order valence-corrected chi connectivity index (χ2v) is 6.27. The Hall–Kier alpha value is -1.05. The first-order valence-electron chi connectivity index (χ1n) is 5.64. The first-order chi connectivity index (χ1) is 8.47. The summed E-state index contributed by atoms with van der Waals surface area (Å²) in [6.45, 7) is 2.05. The van der Waals surface area contributed by atoms with Gasteiger partial charge in [-0.15, -0.1) is 0 Å². The number of sulfonamides is 1. The minimum atomic E-state index is -3.48. The number of thiocarbonyl (C=S) groups is 1. The fraction of sp³-hybridized carbons (Fsp3) is 0.455. The number of nitrogens with one attached hydrogen (secondary N) is 1. The van der Waals surface area contributed by atoms with Crippen LogP contribution in [0.3, 0.4) is 0 Å². The molecule has 100 valence electrons. The maximum atomic E-state index is 11.9. The number of rotatable bonds is 7. The van der Waals surface area contributed by atoms with Crippen LogP contribution in [-0.2, 0) is 16.4 Å². The molecule has 0 saturated carbocycles. The fourth-order valence-electron chi connectivity index (χ4n) is 1.56. The lowest BCUT2D eigenvalue weighted by Crippen LogP contribution is -2.42. The van der Waals surface area contributed by atoms with Crippen molar-refractivity contribution in [1.29, 1.82) is 0 Å². The quantitative estimate of drug-likeness (QED) is 0.718. The van der Waals surface area contributed by atoms with Gasteiger partial charge >= 0.3 is 0 Å². The molecule has 1 aromatic heterocycles. The molecule has 5 nitrogen and oxygen atoms in total. The second-order valence-electron chi connectivity index (χ2n) is 3.85. The Labute approximate surface area is 113 Å². The largest absolute Gasteiger partial charge is 0.392 e. The van der Waals surface area contributed by atoms with E-state index in [0.717, 1.165) is 5.56 Å². The lowest BCUT2D eigenvalue weighted by molar-refractivity contribution is 0.574. The van der Waals surface area contributed by atoms with E-state index in [0.29, 0.717) is 19.4 Å². The Morgan fingerprint density at radius 3 is 2.83 bits per heavy atom. The summed E-state index contributed by atoms with van der Waals surface area (Å²) in [7, 11) is -3.48. The van der Waals surface area contributed by atoms with Crippen molar-refractivity contribution in [2.75, 3.05) is 6.54 Å². The van der Waals surface area contributed by atoms with Crippen LogP contribution in [0.1, 0.15) is 18.9 Å². The monoisotopic (exact) mass is 287 g/mol. The number of pyridine rings is 1. The molecule has 1 aromatic rings. The minimum Gasteiger partial charge on any atom is -0.392 e. The molecule has 0 spiro atoms. The predicted molar refractivity (Wildman–Crippen MR) is 75.7 cm³/mol. The molecule has 0 aromatic carbocycles. The van der Waals surface area contributed by atoms with Crippen LogP contribution in [0.4, 0.5) is 0 Å². The number of nitrogens with zero attached hydrogens (tertiary/aromatic N) is 1. The van der Waals surface area contributed by atoms with Gasteiger partial charge in [0, 0.05) is 18.9 Å². The molecule has 3 N–H and O–H groups in total. The predicted octanol–water partition coefficient (Wildman–Crippen LogP) is 0.608. The molecule has 7 heteroatoms. The van der Waals surface area contributed by atoms with Crippen molar-refractivity contribution in [1.82, 2.24) is 9.71 Å². The molecular weight excluding hydrogens is 270 g/mol. The average Bonchev–Trinajstić information content (AvgIpc) is 2.30. The Balaban J connectivity index is 2.55. The third-order valence-electron chi connectivity index (χ3n) is 2.50. The summed E-state index contributed by atoms with van der Waals surface area (Å²) in [5, 5.41) is -0.804. The molecule has 1 rings (SSSR count). The van der Waals surface area contributed by atoms with E-state index in [1.54, 1.807) is 19.3 Å². The van der Waals surface area contributed by atoms with Gasteiger partial charge < -0.3 is 5.73 Å². The van der Waals surface area contributed by atoms with E-state index in [4.69, 9.17) is 18.0 Å². The third kappa shape index (κ3) is 4.32. The van der Waals surface area contributed by atoms with E-state index in [2.05, 4.69) is 9.71 Å². The number of aromatic nitrogens is 1. The van der Waals surface area contributed by atoms with Crippen LogP contribution in [-0.4, -0.2) is 30.2 Å². The molecule has 0 aliphatic rings. The molecule has 0 bridgehead atoms. The molecule has 0 saturated heterocycles. The molecule has 0 radical (unpaired) electrons. The Bertz CT molecular complexity index is 488. The van der Waals surface area contributed by atoms with E-state index in [1.807, 2.05) is 12.1 Å². The normalized spacial score (nSPS) is 13.2. The van der Waals surface area contributed by atoms with Crippen molar-refractivity contribution in [3.63, 3.8) is 0 Å². The van der Waals surface area contributed by atoms with Crippen molar-refractivity contribution < 1.29 is 8.42 Å². The highest BCUT2D eigenvalue weighted by atomic mass is 32.2. The standard InChI is InChI=1S/C11H17N3O2S2/c1-2-10(11(12)17)18(15,16)14-7-5-9-4-3-6-13-8-9/h3-4,6,8,10,14H,2,5,7H2,1H3,(H2,12,17). The Kier molecular flexibility index (Phi) is 5.64. The molecule has 0 amide bonds. The van der Waals surface area contributed by atoms with E-state index in [-0.39, 0.29) is 4.99 Å². The molecule has 0 aliphatic heterocycles. The van der Waals surface area contributed by atoms with Crippen LogP contribution >= 0.6 is 12.2 Å². The SMILES string of the molecule is CCC(C(N)=S)S(=O)(=O)NCCc1cccnc1. The molecule has 18 heavy (non-hydrogen) atoms. The molecule has 1 atom stereocenters. The molecule has 1 heterocycles. The van der Waals surface area contributed by atoms with Gasteiger partial charge in [-0.3, -0.25) is 4.98 Å². The summed E-state index contributed by atoms with van der Waals surface area (Å²) in [5.41, 5.74) is 6.39. The lowest BCUT2D eigenvalue weighted by atomic mass is 10.2. The van der Waals surface area contributed by atoms with Crippen LogP contribution in [0.15, 0.2) is 24.5 Å². The average molecular weight is 287 g/mol. The van der Waals surface area contributed by atoms with Crippen LogP contribution in [0.25, 0.3) is 0 Å². The van der Waals surface area contributed by atoms with Gasteiger partial charge in [-0.2, -0.15) is 0 Å².